The Kier molecular flexibility index (Phi) is 4.95. The summed E-state index contributed by atoms with van der Waals surface area (Å²) in [4.78, 5) is 13.0. The molecule has 3 heterocycles. The second kappa shape index (κ2) is 7.63. The largest absolute Gasteiger partial charge is 0.454 e. The topological polar surface area (TPSA) is 69.9 Å². The minimum absolute atomic E-state index is 0.202. The number of halogens is 1. The smallest absolute Gasteiger partial charge is 0.287 e. The molecule has 1 N–H and O–H groups in total. The van der Waals surface area contributed by atoms with Crippen LogP contribution in [-0.4, -0.2) is 32.5 Å². The van der Waals surface area contributed by atoms with Gasteiger partial charge >= 0.3 is 0 Å². The Labute approximate surface area is 182 Å². The van der Waals surface area contributed by atoms with Crippen LogP contribution in [0, 0.1) is 6.92 Å². The van der Waals surface area contributed by atoms with E-state index in [-0.39, 0.29) is 18.1 Å². The molecule has 2 aromatic carbocycles. The molecule has 7 heteroatoms. The van der Waals surface area contributed by atoms with Crippen LogP contribution < -0.4 is 14.8 Å². The van der Waals surface area contributed by atoms with Gasteiger partial charge in [0.2, 0.25) is 6.79 Å². The summed E-state index contributed by atoms with van der Waals surface area (Å²) in [7, 11) is 0. The van der Waals surface area contributed by atoms with E-state index >= 15 is 0 Å². The van der Waals surface area contributed by atoms with E-state index in [2.05, 4.69) is 27.3 Å². The molecule has 2 aliphatic rings. The molecule has 5 rings (SSSR count). The van der Waals surface area contributed by atoms with Gasteiger partial charge in [0.05, 0.1) is 0 Å². The van der Waals surface area contributed by atoms with Crippen LogP contribution in [0.2, 0.25) is 0 Å². The van der Waals surface area contributed by atoms with Gasteiger partial charge in [-0.05, 0) is 55.7 Å². The molecule has 6 nitrogen and oxygen atoms in total. The summed E-state index contributed by atoms with van der Waals surface area (Å²) in [6.07, 6.45) is 1.64. The fraction of sp³-hybridized carbons (Fsp3) is 0.348. The van der Waals surface area contributed by atoms with Crippen LogP contribution in [0.1, 0.15) is 34.5 Å². The third-order valence-corrected chi connectivity index (χ3v) is 6.62. The summed E-state index contributed by atoms with van der Waals surface area (Å²) in [6, 6.07) is 11.8. The molecule has 0 spiro atoms. The van der Waals surface area contributed by atoms with Gasteiger partial charge < -0.3 is 23.9 Å². The lowest BCUT2D eigenvalue weighted by molar-refractivity contribution is 0.0484. The number of rotatable bonds is 4. The van der Waals surface area contributed by atoms with E-state index in [1.54, 1.807) is 0 Å². The number of carbonyl (C=O) groups excluding carboxylic acids is 1. The number of fused-ring (bicyclic) bond motifs is 2. The van der Waals surface area contributed by atoms with Gasteiger partial charge in [-0.25, -0.2) is 0 Å². The SMILES string of the molecule is Cc1c(C(=O)NCC2(c3ccc4c(c3)OCO4)CCOCC2)oc2ccc(Br)cc12. The maximum Gasteiger partial charge on any atom is 0.287 e. The fourth-order valence-corrected chi connectivity index (χ4v) is 4.66. The van der Waals surface area contributed by atoms with Crippen LogP contribution in [0.3, 0.4) is 0 Å². The number of furan rings is 1. The molecular weight excluding hydrogens is 450 g/mol. The summed E-state index contributed by atoms with van der Waals surface area (Å²) in [5.41, 5.74) is 2.45. The average molecular weight is 472 g/mol. The van der Waals surface area contributed by atoms with E-state index in [1.807, 2.05) is 37.3 Å². The Morgan fingerprint density at radius 2 is 1.90 bits per heavy atom. The second-order valence-electron chi connectivity index (χ2n) is 7.84. The lowest BCUT2D eigenvalue weighted by Crippen LogP contribution is -2.44. The number of benzene rings is 2. The third kappa shape index (κ3) is 3.36. The van der Waals surface area contributed by atoms with Crippen molar-refractivity contribution in [3.8, 4) is 11.5 Å². The highest BCUT2D eigenvalue weighted by Gasteiger charge is 2.36. The maximum atomic E-state index is 13.0. The van der Waals surface area contributed by atoms with Gasteiger partial charge in [0.25, 0.3) is 5.91 Å². The van der Waals surface area contributed by atoms with Crippen molar-refractivity contribution in [2.45, 2.75) is 25.2 Å². The number of aryl methyl sites for hydroxylation is 1. The van der Waals surface area contributed by atoms with Crippen molar-refractivity contribution in [1.29, 1.82) is 0 Å². The first-order valence-corrected chi connectivity index (χ1v) is 10.8. The fourth-order valence-electron chi connectivity index (χ4n) is 4.30. The monoisotopic (exact) mass is 471 g/mol. The van der Waals surface area contributed by atoms with Crippen molar-refractivity contribution < 1.29 is 23.4 Å². The van der Waals surface area contributed by atoms with Crippen LogP contribution in [0.5, 0.6) is 11.5 Å². The third-order valence-electron chi connectivity index (χ3n) is 6.13. The van der Waals surface area contributed by atoms with Crippen molar-refractivity contribution >= 4 is 32.8 Å². The Bertz CT molecular complexity index is 1120. The van der Waals surface area contributed by atoms with E-state index in [1.165, 1.54) is 0 Å². The first kappa shape index (κ1) is 19.5. The summed E-state index contributed by atoms with van der Waals surface area (Å²) < 4.78 is 23.4. The molecular formula is C23H22BrNO5. The molecule has 0 unspecified atom stereocenters. The van der Waals surface area contributed by atoms with Gasteiger partial charge in [0.1, 0.15) is 5.58 Å². The highest BCUT2D eigenvalue weighted by atomic mass is 79.9. The molecule has 1 aromatic heterocycles. The number of ether oxygens (including phenoxy) is 3. The molecule has 0 atom stereocenters. The maximum absolute atomic E-state index is 13.0. The summed E-state index contributed by atoms with van der Waals surface area (Å²) in [5, 5.41) is 4.06. The van der Waals surface area contributed by atoms with Crippen molar-refractivity contribution in [2.24, 2.45) is 0 Å². The van der Waals surface area contributed by atoms with Gasteiger partial charge in [0.15, 0.2) is 17.3 Å². The Morgan fingerprint density at radius 1 is 1.10 bits per heavy atom. The summed E-state index contributed by atoms with van der Waals surface area (Å²) in [6.45, 7) is 3.96. The molecule has 1 fully saturated rings. The normalized spacial score (nSPS) is 17.3. The van der Waals surface area contributed by atoms with Crippen molar-refractivity contribution in [3.63, 3.8) is 0 Å². The van der Waals surface area contributed by atoms with E-state index in [0.29, 0.717) is 31.1 Å². The van der Waals surface area contributed by atoms with E-state index in [9.17, 15) is 4.79 Å². The standard InChI is InChI=1S/C23H22BrNO5/c1-14-17-11-16(24)3-5-18(17)30-21(14)22(26)25-12-23(6-8-27-9-7-23)15-2-4-19-20(10-15)29-13-28-19/h2-5,10-11H,6-9,12-13H2,1H3,(H,25,26). The summed E-state index contributed by atoms with van der Waals surface area (Å²) >= 11 is 3.48. The van der Waals surface area contributed by atoms with Crippen LogP contribution >= 0.6 is 15.9 Å². The van der Waals surface area contributed by atoms with Gasteiger partial charge in [-0.3, -0.25) is 4.79 Å². The van der Waals surface area contributed by atoms with Gasteiger partial charge in [-0.15, -0.1) is 0 Å². The predicted octanol–water partition coefficient (Wildman–Crippen LogP) is 4.71. The molecule has 3 aromatic rings. The molecule has 0 bridgehead atoms. The van der Waals surface area contributed by atoms with E-state index < -0.39 is 0 Å². The Balaban J connectivity index is 1.41. The van der Waals surface area contributed by atoms with Crippen LogP contribution in [-0.2, 0) is 10.2 Å². The summed E-state index contributed by atoms with van der Waals surface area (Å²) in [5.74, 6) is 1.67. The predicted molar refractivity (Wildman–Crippen MR) is 115 cm³/mol. The second-order valence-corrected chi connectivity index (χ2v) is 8.76. The Morgan fingerprint density at radius 3 is 2.73 bits per heavy atom. The number of nitrogens with one attached hydrogen (secondary N) is 1. The van der Waals surface area contributed by atoms with Crippen LogP contribution in [0.15, 0.2) is 45.3 Å². The Hall–Kier alpha value is -2.51. The van der Waals surface area contributed by atoms with Crippen molar-refractivity contribution in [2.75, 3.05) is 26.6 Å². The van der Waals surface area contributed by atoms with E-state index in [0.717, 1.165) is 45.3 Å². The van der Waals surface area contributed by atoms with Crippen molar-refractivity contribution in [3.05, 3.63) is 57.8 Å². The zero-order chi connectivity index (χ0) is 20.7. The van der Waals surface area contributed by atoms with Gasteiger partial charge in [0, 0.05) is 40.6 Å². The molecule has 30 heavy (non-hydrogen) atoms. The molecule has 2 aliphatic heterocycles. The molecule has 0 radical (unpaired) electrons. The molecule has 1 saturated heterocycles. The lowest BCUT2D eigenvalue weighted by Gasteiger charge is -2.38. The molecule has 0 saturated carbocycles. The molecule has 1 amide bonds. The first-order chi connectivity index (χ1) is 14.6. The minimum atomic E-state index is -0.224. The average Bonchev–Trinajstić information content (AvgIpc) is 3.37. The zero-order valence-electron chi connectivity index (χ0n) is 16.6. The highest BCUT2D eigenvalue weighted by Crippen LogP contribution is 2.40. The zero-order valence-corrected chi connectivity index (χ0v) is 18.2. The molecule has 0 aliphatic carbocycles. The molecule has 156 valence electrons. The first-order valence-electron chi connectivity index (χ1n) is 10.0. The minimum Gasteiger partial charge on any atom is -0.454 e. The van der Waals surface area contributed by atoms with Crippen LogP contribution in [0.25, 0.3) is 11.0 Å². The van der Waals surface area contributed by atoms with E-state index in [4.69, 9.17) is 18.6 Å². The number of carbonyl (C=O) groups is 1. The quantitative estimate of drug-likeness (QED) is 0.596. The highest BCUT2D eigenvalue weighted by molar-refractivity contribution is 9.10. The van der Waals surface area contributed by atoms with Crippen LogP contribution in [0.4, 0.5) is 0 Å². The van der Waals surface area contributed by atoms with Gasteiger partial charge in [-0.1, -0.05) is 22.0 Å². The van der Waals surface area contributed by atoms with Gasteiger partial charge in [-0.2, -0.15) is 0 Å². The number of hydrogen-bond donors (Lipinski definition) is 1. The lowest BCUT2D eigenvalue weighted by atomic mass is 9.74. The van der Waals surface area contributed by atoms with Crippen molar-refractivity contribution in [1.82, 2.24) is 5.32 Å². The number of amides is 1. The number of hydrogen-bond acceptors (Lipinski definition) is 5.